The lowest BCUT2D eigenvalue weighted by Crippen LogP contribution is -2.19. The van der Waals surface area contributed by atoms with Crippen molar-refractivity contribution < 1.29 is 0 Å². The predicted octanol–water partition coefficient (Wildman–Crippen LogP) is 4.52. The van der Waals surface area contributed by atoms with Crippen LogP contribution in [-0.2, 0) is 0 Å². The molecule has 0 bridgehead atoms. The van der Waals surface area contributed by atoms with Crippen LogP contribution >= 0.6 is 0 Å². The number of hydrogen-bond acceptors (Lipinski definition) is 2. The first-order valence-electron chi connectivity index (χ1n) is 6.16. The molecule has 1 N–H and O–H groups in total. The van der Waals surface area contributed by atoms with Gasteiger partial charge in [0.15, 0.2) is 0 Å². The molecular formula is C15H20N2. The highest BCUT2D eigenvalue weighted by atomic mass is 15.0. The average Bonchev–Trinajstić information content (AvgIpc) is 2.47. The van der Waals surface area contributed by atoms with Gasteiger partial charge in [0.05, 0.1) is 11.4 Å². The smallest absolute Gasteiger partial charge is 0.0864 e. The molecule has 0 spiro atoms. The minimum Gasteiger partial charge on any atom is -0.356 e. The van der Waals surface area contributed by atoms with E-state index in [1.807, 2.05) is 24.4 Å². The van der Waals surface area contributed by atoms with Crippen LogP contribution in [0.1, 0.15) is 34.1 Å². The van der Waals surface area contributed by atoms with Crippen molar-refractivity contribution in [2.24, 2.45) is 10.4 Å². The van der Waals surface area contributed by atoms with E-state index in [2.05, 4.69) is 44.1 Å². The van der Waals surface area contributed by atoms with Gasteiger partial charge in [-0.15, -0.1) is 0 Å². The van der Waals surface area contributed by atoms with Crippen molar-refractivity contribution in [1.29, 1.82) is 0 Å². The maximum absolute atomic E-state index is 4.56. The SMILES string of the molecule is CCC1=C(C(C)(C)C)Nc2ccccc2N=C1. The lowest BCUT2D eigenvalue weighted by molar-refractivity contribution is 0.503. The van der Waals surface area contributed by atoms with E-state index in [-0.39, 0.29) is 5.41 Å². The van der Waals surface area contributed by atoms with Gasteiger partial charge in [0.2, 0.25) is 0 Å². The molecule has 0 radical (unpaired) electrons. The molecule has 0 amide bonds. The third-order valence-electron chi connectivity index (χ3n) is 2.98. The van der Waals surface area contributed by atoms with Gasteiger partial charge in [-0.2, -0.15) is 0 Å². The monoisotopic (exact) mass is 228 g/mol. The van der Waals surface area contributed by atoms with Crippen molar-refractivity contribution in [3.05, 3.63) is 35.5 Å². The van der Waals surface area contributed by atoms with E-state index >= 15 is 0 Å². The second-order valence-corrected chi connectivity index (χ2v) is 5.40. The van der Waals surface area contributed by atoms with Crippen LogP contribution in [0.25, 0.3) is 0 Å². The van der Waals surface area contributed by atoms with Gasteiger partial charge in [0.1, 0.15) is 0 Å². The zero-order valence-electron chi connectivity index (χ0n) is 11.0. The van der Waals surface area contributed by atoms with Crippen LogP contribution in [0.15, 0.2) is 40.5 Å². The lowest BCUT2D eigenvalue weighted by Gasteiger charge is -2.26. The highest BCUT2D eigenvalue weighted by molar-refractivity contribution is 5.88. The third-order valence-corrected chi connectivity index (χ3v) is 2.98. The molecule has 1 aliphatic heterocycles. The van der Waals surface area contributed by atoms with E-state index in [0.29, 0.717) is 0 Å². The van der Waals surface area contributed by atoms with E-state index in [4.69, 9.17) is 0 Å². The molecule has 1 aliphatic rings. The molecular weight excluding hydrogens is 208 g/mol. The summed E-state index contributed by atoms with van der Waals surface area (Å²) in [6.07, 6.45) is 3.00. The molecule has 0 atom stereocenters. The molecule has 2 rings (SSSR count). The van der Waals surface area contributed by atoms with Gasteiger partial charge in [-0.1, -0.05) is 39.8 Å². The number of aliphatic imine (C=N–C) groups is 1. The molecule has 0 saturated carbocycles. The first kappa shape index (κ1) is 11.9. The van der Waals surface area contributed by atoms with Gasteiger partial charge in [-0.05, 0) is 24.1 Å². The summed E-state index contributed by atoms with van der Waals surface area (Å²) < 4.78 is 0. The van der Waals surface area contributed by atoms with Crippen LogP contribution in [0.5, 0.6) is 0 Å². The number of anilines is 1. The Bertz CT molecular complexity index is 476. The van der Waals surface area contributed by atoms with Crippen LogP contribution in [-0.4, -0.2) is 6.21 Å². The summed E-state index contributed by atoms with van der Waals surface area (Å²) in [6, 6.07) is 8.18. The highest BCUT2D eigenvalue weighted by Crippen LogP contribution is 2.35. The van der Waals surface area contributed by atoms with Gasteiger partial charge in [0.25, 0.3) is 0 Å². The Hall–Kier alpha value is -1.57. The highest BCUT2D eigenvalue weighted by Gasteiger charge is 2.22. The van der Waals surface area contributed by atoms with Crippen molar-refractivity contribution in [3.8, 4) is 0 Å². The Balaban J connectivity index is 2.51. The van der Waals surface area contributed by atoms with Gasteiger partial charge < -0.3 is 5.32 Å². The second-order valence-electron chi connectivity index (χ2n) is 5.40. The normalized spacial score (nSPS) is 15.3. The second kappa shape index (κ2) is 4.36. The molecule has 2 heteroatoms. The maximum atomic E-state index is 4.56. The fourth-order valence-electron chi connectivity index (χ4n) is 2.06. The Morgan fingerprint density at radius 3 is 2.53 bits per heavy atom. The number of allylic oxidation sites excluding steroid dienone is 2. The third kappa shape index (κ3) is 2.41. The van der Waals surface area contributed by atoms with Crippen molar-refractivity contribution in [3.63, 3.8) is 0 Å². The number of nitrogens with zero attached hydrogens (tertiary/aromatic N) is 1. The first-order valence-corrected chi connectivity index (χ1v) is 6.16. The van der Waals surface area contributed by atoms with E-state index in [1.54, 1.807) is 0 Å². The maximum Gasteiger partial charge on any atom is 0.0864 e. The van der Waals surface area contributed by atoms with Crippen LogP contribution in [0.3, 0.4) is 0 Å². The summed E-state index contributed by atoms with van der Waals surface area (Å²) in [5.41, 5.74) is 4.77. The van der Waals surface area contributed by atoms with Crippen LogP contribution < -0.4 is 5.32 Å². The minimum atomic E-state index is 0.106. The minimum absolute atomic E-state index is 0.106. The number of rotatable bonds is 1. The van der Waals surface area contributed by atoms with Crippen molar-refractivity contribution in [1.82, 2.24) is 0 Å². The Labute approximate surface area is 103 Å². The molecule has 2 nitrogen and oxygen atoms in total. The number of fused-ring (bicyclic) bond motifs is 1. The van der Waals surface area contributed by atoms with Crippen molar-refractivity contribution in [2.75, 3.05) is 5.32 Å². The molecule has 0 unspecified atom stereocenters. The quantitative estimate of drug-likeness (QED) is 0.750. The molecule has 0 aromatic heterocycles. The van der Waals surface area contributed by atoms with Gasteiger partial charge in [-0.3, -0.25) is 4.99 Å². The number of hydrogen-bond donors (Lipinski definition) is 1. The first-order chi connectivity index (χ1) is 8.02. The van der Waals surface area contributed by atoms with Crippen molar-refractivity contribution in [2.45, 2.75) is 34.1 Å². The Kier molecular flexibility index (Phi) is 3.05. The Morgan fingerprint density at radius 2 is 1.88 bits per heavy atom. The fourth-order valence-corrected chi connectivity index (χ4v) is 2.06. The number of benzene rings is 1. The molecule has 0 aliphatic carbocycles. The van der Waals surface area contributed by atoms with E-state index < -0.39 is 0 Å². The summed E-state index contributed by atoms with van der Waals surface area (Å²) in [5.74, 6) is 0. The zero-order chi connectivity index (χ0) is 12.5. The standard InChI is InChI=1S/C15H20N2/c1-5-11-10-16-12-8-6-7-9-13(12)17-14(11)15(2,3)4/h6-10,17H,5H2,1-4H3. The summed E-state index contributed by atoms with van der Waals surface area (Å²) in [6.45, 7) is 8.86. The molecule has 1 heterocycles. The fraction of sp³-hybridized carbons (Fsp3) is 0.400. The summed E-state index contributed by atoms with van der Waals surface area (Å²) in [7, 11) is 0. The number of nitrogens with one attached hydrogen (secondary N) is 1. The van der Waals surface area contributed by atoms with Gasteiger partial charge in [-0.25, -0.2) is 0 Å². The van der Waals surface area contributed by atoms with Gasteiger partial charge in [0, 0.05) is 17.3 Å². The predicted molar refractivity (Wildman–Crippen MR) is 75.0 cm³/mol. The van der Waals surface area contributed by atoms with E-state index in [0.717, 1.165) is 17.8 Å². The lowest BCUT2D eigenvalue weighted by atomic mass is 9.88. The average molecular weight is 228 g/mol. The van der Waals surface area contributed by atoms with Crippen molar-refractivity contribution >= 4 is 17.6 Å². The zero-order valence-corrected chi connectivity index (χ0v) is 11.0. The van der Waals surface area contributed by atoms with Crippen LogP contribution in [0.4, 0.5) is 11.4 Å². The molecule has 1 aromatic rings. The summed E-state index contributed by atoms with van der Waals surface area (Å²) in [5, 5.41) is 3.56. The molecule has 0 fully saturated rings. The van der Waals surface area contributed by atoms with E-state index in [1.165, 1.54) is 11.3 Å². The molecule has 17 heavy (non-hydrogen) atoms. The largest absolute Gasteiger partial charge is 0.356 e. The number of para-hydroxylation sites is 2. The van der Waals surface area contributed by atoms with Crippen LogP contribution in [0, 0.1) is 5.41 Å². The van der Waals surface area contributed by atoms with E-state index in [9.17, 15) is 0 Å². The van der Waals surface area contributed by atoms with Crippen LogP contribution in [0.2, 0.25) is 0 Å². The Morgan fingerprint density at radius 1 is 1.18 bits per heavy atom. The van der Waals surface area contributed by atoms with Gasteiger partial charge >= 0.3 is 0 Å². The summed E-state index contributed by atoms with van der Waals surface area (Å²) in [4.78, 5) is 4.56. The molecule has 1 aromatic carbocycles. The molecule has 90 valence electrons. The molecule has 0 saturated heterocycles. The topological polar surface area (TPSA) is 24.4 Å². The summed E-state index contributed by atoms with van der Waals surface area (Å²) >= 11 is 0.